The van der Waals surface area contributed by atoms with E-state index in [0.717, 1.165) is 6.42 Å². The molecule has 0 aromatic rings. The Balaban J connectivity index is -0.0000000428. The van der Waals surface area contributed by atoms with Crippen molar-refractivity contribution in [2.45, 2.75) is 37.9 Å². The molecule has 0 aliphatic rings. The van der Waals surface area contributed by atoms with Gasteiger partial charge in [0.25, 0.3) is 0 Å². The van der Waals surface area contributed by atoms with E-state index in [9.17, 15) is 9.59 Å². The van der Waals surface area contributed by atoms with Gasteiger partial charge in [0.2, 0.25) is 0 Å². The molecule has 0 heterocycles. The van der Waals surface area contributed by atoms with E-state index < -0.39 is 11.9 Å². The summed E-state index contributed by atoms with van der Waals surface area (Å²) in [5, 5.41) is 16.0. The average Bonchev–Trinajstić information content (AvgIpc) is 2.03. The van der Waals surface area contributed by atoms with Gasteiger partial charge in [-0.1, -0.05) is 29.8 Å². The molecule has 1 unspecified atom stereocenters. The molecule has 0 aromatic heterocycles. The molecule has 0 spiro atoms. The van der Waals surface area contributed by atoms with Crippen LogP contribution >= 0.6 is 39.9 Å². The molecule has 8 N–H and O–H groups in total. The fourth-order valence-corrected chi connectivity index (χ4v) is 0.388. The number of alkyl halides is 1. The van der Waals surface area contributed by atoms with Crippen molar-refractivity contribution in [2.75, 3.05) is 0 Å². The van der Waals surface area contributed by atoms with Gasteiger partial charge in [0.15, 0.2) is 0 Å². The Kier molecular flexibility index (Phi) is 38.1. The number of carboxylic acids is 2. The van der Waals surface area contributed by atoms with E-state index in [0.29, 0.717) is 12.8 Å². The van der Waals surface area contributed by atoms with Gasteiger partial charge in [0, 0.05) is 6.42 Å². The summed E-state index contributed by atoms with van der Waals surface area (Å²) < 4.78 is 0. The van der Waals surface area contributed by atoms with Crippen molar-refractivity contribution in [3.8, 4) is 0 Å². The summed E-state index contributed by atoms with van der Waals surface area (Å²) in [4.78, 5) is 19.1. The van der Waals surface area contributed by atoms with Crippen molar-refractivity contribution in [3.63, 3.8) is 0 Å². The molecule has 0 amide bonds. The fraction of sp³-hybridized carbons (Fsp3) is 0.750. The first-order chi connectivity index (χ1) is 5.95. The van der Waals surface area contributed by atoms with Crippen molar-refractivity contribution in [3.05, 3.63) is 0 Å². The molecule has 8 heteroatoms. The second-order valence-corrected chi connectivity index (χ2v) is 3.46. The molecule has 16 heavy (non-hydrogen) atoms. The first-order valence-corrected chi connectivity index (χ1v) is 4.95. The summed E-state index contributed by atoms with van der Waals surface area (Å²) in [6.45, 7) is 3.65. The summed E-state index contributed by atoms with van der Waals surface area (Å²) >= 11 is 2.94. The predicted octanol–water partition coefficient (Wildman–Crippen LogP) is 3.06. The molecule has 0 radical (unpaired) electrons. The third-order valence-electron chi connectivity index (χ3n) is 1.09. The van der Waals surface area contributed by atoms with Crippen LogP contribution in [-0.2, 0) is 9.59 Å². The highest BCUT2D eigenvalue weighted by molar-refractivity contribution is 14.0. The highest BCUT2D eigenvalue weighted by Crippen LogP contribution is 2.02. The maximum absolute atomic E-state index is 9.88. The second kappa shape index (κ2) is 20.5. The minimum Gasteiger partial charge on any atom is -0.481 e. The monoisotopic (exact) mass is 416 g/mol. The summed E-state index contributed by atoms with van der Waals surface area (Å²) in [6, 6.07) is 0. The SMILES string of the molecule is CCC(Br)C(=O)O.CCCC(=O)O.I.N.N. The van der Waals surface area contributed by atoms with Crippen molar-refractivity contribution < 1.29 is 19.8 Å². The van der Waals surface area contributed by atoms with Crippen LogP contribution in [0.25, 0.3) is 0 Å². The number of rotatable bonds is 4. The number of halogens is 2. The number of carboxylic acid groups (broad SMARTS) is 2. The largest absolute Gasteiger partial charge is 0.481 e. The molecule has 0 aromatic carbocycles. The van der Waals surface area contributed by atoms with E-state index in [2.05, 4.69) is 15.9 Å². The molecule has 0 aliphatic heterocycles. The molecule has 0 saturated heterocycles. The van der Waals surface area contributed by atoms with Crippen molar-refractivity contribution in [2.24, 2.45) is 0 Å². The molecule has 0 rings (SSSR count). The number of carbonyl (C=O) groups is 2. The van der Waals surface area contributed by atoms with Gasteiger partial charge in [0.05, 0.1) is 0 Å². The topological polar surface area (TPSA) is 145 Å². The highest BCUT2D eigenvalue weighted by atomic mass is 127. The van der Waals surface area contributed by atoms with Crippen LogP contribution in [0.2, 0.25) is 0 Å². The number of hydrogen-bond acceptors (Lipinski definition) is 4. The van der Waals surface area contributed by atoms with Gasteiger partial charge >= 0.3 is 11.9 Å². The Morgan fingerprint density at radius 2 is 1.56 bits per heavy atom. The lowest BCUT2D eigenvalue weighted by Gasteiger charge is -1.94. The van der Waals surface area contributed by atoms with Crippen molar-refractivity contribution in [1.29, 1.82) is 0 Å². The molecule has 0 saturated carbocycles. The van der Waals surface area contributed by atoms with Gasteiger partial charge in [0.1, 0.15) is 4.83 Å². The lowest BCUT2D eigenvalue weighted by atomic mass is 10.3. The molecule has 0 aliphatic carbocycles. The number of aliphatic carboxylic acids is 2. The second-order valence-electron chi connectivity index (χ2n) is 2.36. The molecule has 1 atom stereocenters. The van der Waals surface area contributed by atoms with Crippen LogP contribution in [0.5, 0.6) is 0 Å². The Hall–Kier alpha value is 0.0700. The third-order valence-corrected chi connectivity index (χ3v) is 2.13. The number of hydrogen-bond donors (Lipinski definition) is 4. The normalized spacial score (nSPS) is 8.94. The van der Waals surface area contributed by atoms with E-state index in [4.69, 9.17) is 10.2 Å². The summed E-state index contributed by atoms with van der Waals surface area (Å²) in [5.74, 6) is -1.50. The average molecular weight is 417 g/mol. The molecular formula is C8H22BrIN2O4. The maximum atomic E-state index is 9.88. The van der Waals surface area contributed by atoms with Gasteiger partial charge in [-0.05, 0) is 12.8 Å². The fourth-order valence-electron chi connectivity index (χ4n) is 0.388. The van der Waals surface area contributed by atoms with Crippen LogP contribution in [-0.4, -0.2) is 27.0 Å². The molecule has 0 bridgehead atoms. The van der Waals surface area contributed by atoms with E-state index in [1.807, 2.05) is 13.8 Å². The maximum Gasteiger partial charge on any atom is 0.317 e. The lowest BCUT2D eigenvalue weighted by Crippen LogP contribution is -2.09. The summed E-state index contributed by atoms with van der Waals surface area (Å²) in [6.07, 6.45) is 1.66. The van der Waals surface area contributed by atoms with E-state index in [-0.39, 0.29) is 41.1 Å². The highest BCUT2D eigenvalue weighted by Gasteiger charge is 2.07. The summed E-state index contributed by atoms with van der Waals surface area (Å²) in [5.41, 5.74) is 0. The Morgan fingerprint density at radius 1 is 1.19 bits per heavy atom. The lowest BCUT2D eigenvalue weighted by molar-refractivity contribution is -0.137. The molecular weight excluding hydrogens is 395 g/mol. The smallest absolute Gasteiger partial charge is 0.317 e. The Labute approximate surface area is 121 Å². The van der Waals surface area contributed by atoms with Crippen LogP contribution in [0.15, 0.2) is 0 Å². The van der Waals surface area contributed by atoms with E-state index in [1.165, 1.54) is 0 Å². The zero-order chi connectivity index (χ0) is 10.9. The predicted molar refractivity (Wildman–Crippen MR) is 78.6 cm³/mol. The standard InChI is InChI=1S/C4H7BrO2.C4H8O2.HI.2H3N/c1-2-3(5)4(6)7;1-2-3-4(5)6;;;/h3H,2H2,1H3,(H,6,7);2-3H2,1H3,(H,5,6);1H;2*1H3. The van der Waals surface area contributed by atoms with Gasteiger partial charge in [-0.3, -0.25) is 9.59 Å². The molecule has 102 valence electrons. The zero-order valence-electron chi connectivity index (χ0n) is 9.61. The molecule has 0 fully saturated rings. The van der Waals surface area contributed by atoms with Gasteiger partial charge in [-0.25, -0.2) is 0 Å². The quantitative estimate of drug-likeness (QED) is 0.409. The van der Waals surface area contributed by atoms with E-state index >= 15 is 0 Å². The van der Waals surface area contributed by atoms with Gasteiger partial charge in [-0.15, -0.1) is 24.0 Å². The van der Waals surface area contributed by atoms with Crippen LogP contribution < -0.4 is 12.3 Å². The first kappa shape index (κ1) is 29.8. The van der Waals surface area contributed by atoms with Gasteiger partial charge < -0.3 is 22.5 Å². The third kappa shape index (κ3) is 29.2. The van der Waals surface area contributed by atoms with Crippen LogP contribution in [0.1, 0.15) is 33.1 Å². The minimum absolute atomic E-state index is 0. The van der Waals surface area contributed by atoms with Crippen LogP contribution in [0.3, 0.4) is 0 Å². The van der Waals surface area contributed by atoms with Crippen LogP contribution in [0.4, 0.5) is 0 Å². The Morgan fingerprint density at radius 3 is 1.56 bits per heavy atom. The minimum atomic E-state index is -0.789. The zero-order valence-corrected chi connectivity index (χ0v) is 13.5. The van der Waals surface area contributed by atoms with Crippen LogP contribution in [0, 0.1) is 0 Å². The van der Waals surface area contributed by atoms with Gasteiger partial charge in [-0.2, -0.15) is 0 Å². The van der Waals surface area contributed by atoms with Crippen molar-refractivity contribution >= 4 is 51.8 Å². The Bertz CT molecular complexity index is 172. The first-order valence-electron chi connectivity index (χ1n) is 4.04. The van der Waals surface area contributed by atoms with Crippen molar-refractivity contribution in [1.82, 2.24) is 12.3 Å². The van der Waals surface area contributed by atoms with E-state index in [1.54, 1.807) is 0 Å². The summed E-state index contributed by atoms with van der Waals surface area (Å²) in [7, 11) is 0. The molecule has 6 nitrogen and oxygen atoms in total.